The molecule has 3 N–H and O–H groups in total. The maximum Gasteiger partial charge on any atom is 0.226 e. The van der Waals surface area contributed by atoms with E-state index in [4.69, 9.17) is 10.5 Å². The van der Waals surface area contributed by atoms with Crippen LogP contribution in [0.3, 0.4) is 0 Å². The van der Waals surface area contributed by atoms with Gasteiger partial charge in [0.1, 0.15) is 0 Å². The fourth-order valence-electron chi connectivity index (χ4n) is 3.85. The van der Waals surface area contributed by atoms with Crippen LogP contribution in [0.4, 0.5) is 0 Å². The average Bonchev–Trinajstić information content (AvgIpc) is 2.61. The Labute approximate surface area is 138 Å². The minimum Gasteiger partial charge on any atom is -0.373 e. The molecule has 2 atom stereocenters. The van der Waals surface area contributed by atoms with E-state index >= 15 is 0 Å². The first kappa shape index (κ1) is 16.5. The highest BCUT2D eigenvalue weighted by Gasteiger charge is 2.34. The fourth-order valence-corrected chi connectivity index (χ4v) is 3.85. The van der Waals surface area contributed by atoms with Crippen molar-refractivity contribution >= 4 is 5.91 Å². The zero-order valence-electron chi connectivity index (χ0n) is 13.8. The third-order valence-electron chi connectivity index (χ3n) is 5.25. The van der Waals surface area contributed by atoms with Crippen LogP contribution in [0.2, 0.25) is 0 Å². The number of rotatable bonds is 4. The van der Waals surface area contributed by atoms with Crippen LogP contribution in [0.5, 0.6) is 0 Å². The molecule has 1 saturated carbocycles. The van der Waals surface area contributed by atoms with Gasteiger partial charge in [-0.05, 0) is 31.2 Å². The molecule has 0 aromatic heterocycles. The maximum atomic E-state index is 12.7. The van der Waals surface area contributed by atoms with Crippen LogP contribution < -0.4 is 11.1 Å². The van der Waals surface area contributed by atoms with E-state index in [9.17, 15) is 4.79 Å². The molecule has 1 aromatic carbocycles. The maximum absolute atomic E-state index is 12.7. The summed E-state index contributed by atoms with van der Waals surface area (Å²) in [6.45, 7) is 1.31. The van der Waals surface area contributed by atoms with Crippen LogP contribution in [-0.4, -0.2) is 24.6 Å². The fraction of sp³-hybridized carbons (Fsp3) is 0.632. The van der Waals surface area contributed by atoms with E-state index in [0.29, 0.717) is 6.54 Å². The molecule has 1 heterocycles. The Kier molecular flexibility index (Phi) is 5.34. The van der Waals surface area contributed by atoms with Crippen molar-refractivity contribution in [3.63, 3.8) is 0 Å². The molecule has 2 fully saturated rings. The van der Waals surface area contributed by atoms with E-state index < -0.39 is 0 Å². The summed E-state index contributed by atoms with van der Waals surface area (Å²) in [5.74, 6) is -0.0210. The number of carbonyl (C=O) groups excluding carboxylic acids is 1. The molecule has 23 heavy (non-hydrogen) atoms. The largest absolute Gasteiger partial charge is 0.373 e. The summed E-state index contributed by atoms with van der Waals surface area (Å²) in [6, 6.07) is 10.1. The lowest BCUT2D eigenvalue weighted by molar-refractivity contribution is -0.135. The molecule has 4 heteroatoms. The standard InChI is InChI=1S/C19H28N2O2/c20-19(11-5-2-6-12-19)14-21-18(22)16-10-7-13-23-17(16)15-8-3-1-4-9-15/h1,3-4,8-9,16-17H,2,5-7,10-14,20H2,(H,21,22). The number of nitrogens with two attached hydrogens (primary N) is 1. The molecule has 1 aliphatic carbocycles. The number of carbonyl (C=O) groups is 1. The lowest BCUT2D eigenvalue weighted by Gasteiger charge is -2.35. The summed E-state index contributed by atoms with van der Waals surface area (Å²) < 4.78 is 5.92. The van der Waals surface area contributed by atoms with Crippen LogP contribution >= 0.6 is 0 Å². The molecular formula is C19H28N2O2. The van der Waals surface area contributed by atoms with Crippen LogP contribution in [0, 0.1) is 5.92 Å². The van der Waals surface area contributed by atoms with Crippen molar-refractivity contribution in [1.82, 2.24) is 5.32 Å². The highest BCUT2D eigenvalue weighted by molar-refractivity contribution is 5.79. The number of ether oxygens (including phenoxy) is 1. The summed E-state index contributed by atoms with van der Waals surface area (Å²) in [5, 5.41) is 3.12. The normalized spacial score (nSPS) is 27.3. The first-order valence-corrected chi connectivity index (χ1v) is 8.91. The zero-order valence-corrected chi connectivity index (χ0v) is 13.8. The summed E-state index contributed by atoms with van der Waals surface area (Å²) >= 11 is 0. The van der Waals surface area contributed by atoms with Gasteiger partial charge >= 0.3 is 0 Å². The molecule has 1 amide bonds. The van der Waals surface area contributed by atoms with E-state index in [1.54, 1.807) is 0 Å². The minimum absolute atomic E-state index is 0.0916. The first-order valence-electron chi connectivity index (χ1n) is 8.91. The summed E-state index contributed by atoms with van der Waals surface area (Å²) in [7, 11) is 0. The lowest BCUT2D eigenvalue weighted by Crippen LogP contribution is -2.52. The average molecular weight is 316 g/mol. The molecule has 1 aromatic rings. The number of amides is 1. The summed E-state index contributed by atoms with van der Waals surface area (Å²) in [5.41, 5.74) is 7.31. The molecule has 126 valence electrons. The highest BCUT2D eigenvalue weighted by Crippen LogP contribution is 2.34. The van der Waals surface area contributed by atoms with Crippen molar-refractivity contribution in [2.24, 2.45) is 11.7 Å². The van der Waals surface area contributed by atoms with Gasteiger partial charge in [0.15, 0.2) is 0 Å². The van der Waals surface area contributed by atoms with E-state index in [-0.39, 0.29) is 23.5 Å². The molecule has 1 saturated heterocycles. The molecule has 0 spiro atoms. The third-order valence-corrected chi connectivity index (χ3v) is 5.25. The van der Waals surface area contributed by atoms with Gasteiger partial charge in [-0.25, -0.2) is 0 Å². The molecule has 2 unspecified atom stereocenters. The van der Waals surface area contributed by atoms with E-state index in [0.717, 1.165) is 37.9 Å². The monoisotopic (exact) mass is 316 g/mol. The van der Waals surface area contributed by atoms with Crippen molar-refractivity contribution in [3.8, 4) is 0 Å². The van der Waals surface area contributed by atoms with Crippen LogP contribution in [0.15, 0.2) is 30.3 Å². The van der Waals surface area contributed by atoms with E-state index in [2.05, 4.69) is 5.32 Å². The molecule has 1 aliphatic heterocycles. The quantitative estimate of drug-likeness (QED) is 0.897. The molecule has 4 nitrogen and oxygen atoms in total. The Morgan fingerprint density at radius 1 is 1.17 bits per heavy atom. The van der Waals surface area contributed by atoms with Gasteiger partial charge in [0.05, 0.1) is 12.0 Å². The smallest absolute Gasteiger partial charge is 0.226 e. The second-order valence-electron chi connectivity index (χ2n) is 7.09. The van der Waals surface area contributed by atoms with Gasteiger partial charge in [0, 0.05) is 18.7 Å². The number of hydrogen-bond donors (Lipinski definition) is 2. The minimum atomic E-state index is -0.217. The predicted molar refractivity (Wildman–Crippen MR) is 90.9 cm³/mol. The number of nitrogens with one attached hydrogen (secondary N) is 1. The second kappa shape index (κ2) is 7.45. The zero-order chi connectivity index (χ0) is 16.1. The van der Waals surface area contributed by atoms with Gasteiger partial charge in [0.25, 0.3) is 0 Å². The molecule has 0 bridgehead atoms. The highest BCUT2D eigenvalue weighted by atomic mass is 16.5. The Hall–Kier alpha value is -1.39. The molecule has 0 radical (unpaired) electrons. The van der Waals surface area contributed by atoms with E-state index in [1.165, 1.54) is 19.3 Å². The van der Waals surface area contributed by atoms with Gasteiger partial charge in [-0.2, -0.15) is 0 Å². The Morgan fingerprint density at radius 3 is 2.65 bits per heavy atom. The van der Waals surface area contributed by atoms with Crippen molar-refractivity contribution in [1.29, 1.82) is 0 Å². The SMILES string of the molecule is NC1(CNC(=O)C2CCCOC2c2ccccc2)CCCCC1. The first-order chi connectivity index (χ1) is 11.2. The van der Waals surface area contributed by atoms with Crippen molar-refractivity contribution in [3.05, 3.63) is 35.9 Å². The molecule has 2 aliphatic rings. The van der Waals surface area contributed by atoms with Gasteiger partial charge < -0.3 is 15.8 Å². The Balaban J connectivity index is 1.62. The van der Waals surface area contributed by atoms with Gasteiger partial charge in [0.2, 0.25) is 5.91 Å². The second-order valence-corrected chi connectivity index (χ2v) is 7.09. The molecular weight excluding hydrogens is 288 g/mol. The number of hydrogen-bond acceptors (Lipinski definition) is 3. The van der Waals surface area contributed by atoms with Gasteiger partial charge in [-0.15, -0.1) is 0 Å². The van der Waals surface area contributed by atoms with Gasteiger partial charge in [-0.1, -0.05) is 49.6 Å². The van der Waals surface area contributed by atoms with Crippen molar-refractivity contribution < 1.29 is 9.53 Å². The predicted octanol–water partition coefficient (Wildman–Crippen LogP) is 2.93. The van der Waals surface area contributed by atoms with Gasteiger partial charge in [-0.3, -0.25) is 4.79 Å². The van der Waals surface area contributed by atoms with Crippen LogP contribution in [0.25, 0.3) is 0 Å². The topological polar surface area (TPSA) is 64.3 Å². The summed E-state index contributed by atoms with van der Waals surface area (Å²) in [6.07, 6.45) is 7.31. The van der Waals surface area contributed by atoms with Crippen LogP contribution in [0.1, 0.15) is 56.6 Å². The van der Waals surface area contributed by atoms with E-state index in [1.807, 2.05) is 30.3 Å². The lowest BCUT2D eigenvalue weighted by atomic mass is 9.82. The Morgan fingerprint density at radius 2 is 1.91 bits per heavy atom. The van der Waals surface area contributed by atoms with Crippen molar-refractivity contribution in [2.75, 3.05) is 13.2 Å². The van der Waals surface area contributed by atoms with Crippen molar-refractivity contribution in [2.45, 2.75) is 56.6 Å². The molecule has 3 rings (SSSR count). The van der Waals surface area contributed by atoms with Crippen LogP contribution in [-0.2, 0) is 9.53 Å². The Bertz CT molecular complexity index is 511. The summed E-state index contributed by atoms with van der Waals surface area (Å²) in [4.78, 5) is 12.7. The third kappa shape index (κ3) is 4.12. The number of benzene rings is 1.